The minimum atomic E-state index is 0.253. The van der Waals surface area contributed by atoms with Crippen LogP contribution < -0.4 is 15.2 Å². The number of ether oxygens (including phenoxy) is 2. The Labute approximate surface area is 150 Å². The molecule has 3 rings (SSSR count). The van der Waals surface area contributed by atoms with Crippen LogP contribution in [0.3, 0.4) is 0 Å². The fraction of sp³-hybridized carbons (Fsp3) is 0.429. The Balaban J connectivity index is 1.63. The maximum atomic E-state index is 5.93. The van der Waals surface area contributed by atoms with Gasteiger partial charge in [0, 0.05) is 13.1 Å². The predicted octanol–water partition coefficient (Wildman–Crippen LogP) is 3.44. The van der Waals surface area contributed by atoms with Crippen LogP contribution in [-0.2, 0) is 13.2 Å². The summed E-state index contributed by atoms with van der Waals surface area (Å²) in [6.45, 7) is 6.63. The zero-order chi connectivity index (χ0) is 17.7. The standard InChI is InChI=1S/C21H28N2O2/c1-21(15-22)10-11-23(16-21)13-18-8-9-19(20(12-18)24-2)25-14-17-6-4-3-5-7-17/h3-9,12H,10-11,13-16,22H2,1-2H3. The van der Waals surface area contributed by atoms with E-state index in [0.29, 0.717) is 6.61 Å². The first-order chi connectivity index (χ1) is 12.1. The van der Waals surface area contributed by atoms with Gasteiger partial charge >= 0.3 is 0 Å². The molecule has 2 aromatic carbocycles. The zero-order valence-electron chi connectivity index (χ0n) is 15.2. The normalized spacial score (nSPS) is 20.6. The van der Waals surface area contributed by atoms with E-state index >= 15 is 0 Å². The summed E-state index contributed by atoms with van der Waals surface area (Å²) in [7, 11) is 1.69. The highest BCUT2D eigenvalue weighted by molar-refractivity contribution is 5.43. The lowest BCUT2D eigenvalue weighted by Gasteiger charge is -2.23. The lowest BCUT2D eigenvalue weighted by Crippen LogP contribution is -2.31. The third kappa shape index (κ3) is 4.53. The molecule has 134 valence electrons. The van der Waals surface area contributed by atoms with Gasteiger partial charge in [-0.2, -0.15) is 0 Å². The molecule has 0 radical (unpaired) electrons. The second-order valence-corrected chi connectivity index (χ2v) is 7.23. The average Bonchev–Trinajstić information content (AvgIpc) is 3.03. The van der Waals surface area contributed by atoms with E-state index in [1.165, 1.54) is 12.0 Å². The highest BCUT2D eigenvalue weighted by Crippen LogP contribution is 2.32. The maximum absolute atomic E-state index is 5.93. The van der Waals surface area contributed by atoms with Gasteiger partial charge in [-0.15, -0.1) is 0 Å². The number of benzene rings is 2. The molecule has 0 amide bonds. The number of methoxy groups -OCH3 is 1. The molecule has 4 nitrogen and oxygen atoms in total. The van der Waals surface area contributed by atoms with Gasteiger partial charge in [0.25, 0.3) is 0 Å². The molecule has 0 bridgehead atoms. The van der Waals surface area contributed by atoms with E-state index in [4.69, 9.17) is 15.2 Å². The lowest BCUT2D eigenvalue weighted by atomic mass is 9.90. The molecule has 1 fully saturated rings. The molecule has 0 spiro atoms. The van der Waals surface area contributed by atoms with Crippen LogP contribution in [0.5, 0.6) is 11.5 Å². The van der Waals surface area contributed by atoms with Crippen LogP contribution in [0.1, 0.15) is 24.5 Å². The van der Waals surface area contributed by atoms with Crippen molar-refractivity contribution in [3.63, 3.8) is 0 Å². The van der Waals surface area contributed by atoms with Gasteiger partial charge in [0.2, 0.25) is 0 Å². The number of nitrogens with two attached hydrogens (primary N) is 1. The van der Waals surface area contributed by atoms with E-state index in [1.807, 2.05) is 24.3 Å². The molecule has 1 saturated heterocycles. The first kappa shape index (κ1) is 17.8. The van der Waals surface area contributed by atoms with Crippen molar-refractivity contribution in [1.29, 1.82) is 0 Å². The number of hydrogen-bond donors (Lipinski definition) is 1. The molecule has 2 aromatic rings. The molecule has 4 heteroatoms. The van der Waals surface area contributed by atoms with E-state index in [2.05, 4.69) is 36.1 Å². The number of rotatable bonds is 7. The fourth-order valence-corrected chi connectivity index (χ4v) is 3.35. The Bertz CT molecular complexity index is 690. The summed E-state index contributed by atoms with van der Waals surface area (Å²) >= 11 is 0. The SMILES string of the molecule is COc1cc(CN2CCC(C)(CN)C2)ccc1OCc1ccccc1. The van der Waals surface area contributed by atoms with Crippen LogP contribution >= 0.6 is 0 Å². The number of nitrogens with zero attached hydrogens (tertiary/aromatic N) is 1. The van der Waals surface area contributed by atoms with Crippen molar-refractivity contribution >= 4 is 0 Å². The van der Waals surface area contributed by atoms with Crippen LogP contribution in [-0.4, -0.2) is 31.6 Å². The summed E-state index contributed by atoms with van der Waals surface area (Å²) < 4.78 is 11.5. The molecular weight excluding hydrogens is 312 g/mol. The fourth-order valence-electron chi connectivity index (χ4n) is 3.35. The smallest absolute Gasteiger partial charge is 0.161 e. The average molecular weight is 340 g/mol. The van der Waals surface area contributed by atoms with Gasteiger partial charge in [0.05, 0.1) is 7.11 Å². The summed E-state index contributed by atoms with van der Waals surface area (Å²) in [5, 5.41) is 0. The summed E-state index contributed by atoms with van der Waals surface area (Å²) in [4.78, 5) is 2.46. The van der Waals surface area contributed by atoms with Crippen LogP contribution in [0, 0.1) is 5.41 Å². The van der Waals surface area contributed by atoms with Crippen molar-refractivity contribution in [2.24, 2.45) is 11.1 Å². The van der Waals surface area contributed by atoms with E-state index in [0.717, 1.165) is 43.2 Å². The van der Waals surface area contributed by atoms with Gasteiger partial charge in [-0.25, -0.2) is 0 Å². The maximum Gasteiger partial charge on any atom is 0.161 e. The van der Waals surface area contributed by atoms with Gasteiger partial charge in [0.15, 0.2) is 11.5 Å². The van der Waals surface area contributed by atoms with Crippen LogP contribution in [0.4, 0.5) is 0 Å². The molecule has 0 aliphatic carbocycles. The third-order valence-corrected chi connectivity index (χ3v) is 5.00. The number of likely N-dealkylation sites (tertiary alicyclic amines) is 1. The van der Waals surface area contributed by atoms with Gasteiger partial charge in [0.1, 0.15) is 6.61 Å². The molecule has 1 aliphatic heterocycles. The Morgan fingerprint density at radius 2 is 1.88 bits per heavy atom. The number of hydrogen-bond acceptors (Lipinski definition) is 4. The predicted molar refractivity (Wildman–Crippen MR) is 101 cm³/mol. The van der Waals surface area contributed by atoms with Crippen molar-refractivity contribution in [3.8, 4) is 11.5 Å². The summed E-state index contributed by atoms with van der Waals surface area (Å²) in [6.07, 6.45) is 1.17. The van der Waals surface area contributed by atoms with Gasteiger partial charge in [-0.1, -0.05) is 43.3 Å². The largest absolute Gasteiger partial charge is 0.493 e. The van der Waals surface area contributed by atoms with E-state index in [-0.39, 0.29) is 5.41 Å². The van der Waals surface area contributed by atoms with Crippen LogP contribution in [0.25, 0.3) is 0 Å². The zero-order valence-corrected chi connectivity index (χ0v) is 15.2. The van der Waals surface area contributed by atoms with E-state index in [9.17, 15) is 0 Å². The minimum absolute atomic E-state index is 0.253. The van der Waals surface area contributed by atoms with Crippen molar-refractivity contribution in [3.05, 3.63) is 59.7 Å². The summed E-state index contributed by atoms with van der Waals surface area (Å²) in [5.41, 5.74) is 8.55. The van der Waals surface area contributed by atoms with E-state index in [1.54, 1.807) is 7.11 Å². The molecule has 0 aromatic heterocycles. The molecule has 1 aliphatic rings. The summed E-state index contributed by atoms with van der Waals surface area (Å²) in [6, 6.07) is 16.4. The molecule has 1 unspecified atom stereocenters. The van der Waals surface area contributed by atoms with Crippen molar-refractivity contribution < 1.29 is 9.47 Å². The van der Waals surface area contributed by atoms with Crippen molar-refractivity contribution in [2.45, 2.75) is 26.5 Å². The Hall–Kier alpha value is -2.04. The Morgan fingerprint density at radius 1 is 1.08 bits per heavy atom. The second-order valence-electron chi connectivity index (χ2n) is 7.23. The first-order valence-corrected chi connectivity index (χ1v) is 8.88. The summed E-state index contributed by atoms with van der Waals surface area (Å²) in [5.74, 6) is 1.57. The molecule has 0 saturated carbocycles. The molecule has 1 atom stereocenters. The Morgan fingerprint density at radius 3 is 2.56 bits per heavy atom. The third-order valence-electron chi connectivity index (χ3n) is 5.00. The van der Waals surface area contributed by atoms with Gasteiger partial charge < -0.3 is 15.2 Å². The van der Waals surface area contributed by atoms with Gasteiger partial charge in [-0.05, 0) is 48.2 Å². The highest BCUT2D eigenvalue weighted by Gasteiger charge is 2.32. The monoisotopic (exact) mass is 340 g/mol. The topological polar surface area (TPSA) is 47.7 Å². The molecule has 1 heterocycles. The van der Waals surface area contributed by atoms with E-state index < -0.39 is 0 Å². The minimum Gasteiger partial charge on any atom is -0.493 e. The quantitative estimate of drug-likeness (QED) is 0.839. The van der Waals surface area contributed by atoms with Crippen LogP contribution in [0.2, 0.25) is 0 Å². The Kier molecular flexibility index (Phi) is 5.61. The van der Waals surface area contributed by atoms with Crippen molar-refractivity contribution in [1.82, 2.24) is 4.90 Å². The first-order valence-electron chi connectivity index (χ1n) is 8.88. The molecular formula is C21H28N2O2. The lowest BCUT2D eigenvalue weighted by molar-refractivity contribution is 0.271. The molecule has 25 heavy (non-hydrogen) atoms. The van der Waals surface area contributed by atoms with Crippen LogP contribution in [0.15, 0.2) is 48.5 Å². The second kappa shape index (κ2) is 7.89. The van der Waals surface area contributed by atoms with Gasteiger partial charge in [-0.3, -0.25) is 4.90 Å². The van der Waals surface area contributed by atoms with Crippen molar-refractivity contribution in [2.75, 3.05) is 26.7 Å². The molecule has 2 N–H and O–H groups in total. The highest BCUT2D eigenvalue weighted by atomic mass is 16.5.